The van der Waals surface area contributed by atoms with Crippen molar-refractivity contribution in [2.75, 3.05) is 5.73 Å². The maximum absolute atomic E-state index is 12.1. The third kappa shape index (κ3) is 1.72. The summed E-state index contributed by atoms with van der Waals surface area (Å²) in [6, 6.07) is 4.70. The van der Waals surface area contributed by atoms with Crippen molar-refractivity contribution in [3.8, 4) is 5.75 Å². The third-order valence-corrected chi connectivity index (χ3v) is 4.59. The number of nitrogens with one attached hydrogen (secondary N) is 1. The molecule has 0 spiro atoms. The van der Waals surface area contributed by atoms with E-state index >= 15 is 0 Å². The van der Waals surface area contributed by atoms with Gasteiger partial charge in [0.2, 0.25) is 0 Å². The van der Waals surface area contributed by atoms with Crippen LogP contribution >= 0.6 is 0 Å². The molecule has 0 saturated heterocycles. The highest BCUT2D eigenvalue weighted by molar-refractivity contribution is 5.95. The molecule has 0 unspecified atom stereocenters. The molecule has 1 amide bonds. The summed E-state index contributed by atoms with van der Waals surface area (Å²) >= 11 is 0. The van der Waals surface area contributed by atoms with E-state index < -0.39 is 0 Å². The largest absolute Gasteiger partial charge is 0.506 e. The highest BCUT2D eigenvalue weighted by Crippen LogP contribution is 2.62. The third-order valence-electron chi connectivity index (χ3n) is 4.59. The molecule has 4 N–H and O–H groups in total. The number of hydrogen-bond donors (Lipinski definition) is 3. The zero-order valence-electron chi connectivity index (χ0n) is 11.2. The van der Waals surface area contributed by atoms with Gasteiger partial charge in [0.1, 0.15) is 5.75 Å². The van der Waals surface area contributed by atoms with Gasteiger partial charge in [0.05, 0.1) is 5.69 Å². The van der Waals surface area contributed by atoms with Crippen molar-refractivity contribution in [3.63, 3.8) is 0 Å². The molecule has 0 radical (unpaired) electrons. The first-order chi connectivity index (χ1) is 8.18. The monoisotopic (exact) mass is 248 g/mol. The number of rotatable bonds is 2. The van der Waals surface area contributed by atoms with Gasteiger partial charge in [-0.3, -0.25) is 4.79 Å². The van der Waals surface area contributed by atoms with E-state index in [4.69, 9.17) is 5.73 Å². The van der Waals surface area contributed by atoms with E-state index in [1.165, 1.54) is 12.1 Å². The van der Waals surface area contributed by atoms with Crippen LogP contribution in [0.2, 0.25) is 0 Å². The van der Waals surface area contributed by atoms with Crippen molar-refractivity contribution in [2.45, 2.75) is 33.7 Å². The predicted octanol–water partition coefficient (Wildman–Crippen LogP) is 2.14. The van der Waals surface area contributed by atoms with Gasteiger partial charge < -0.3 is 16.2 Å². The number of amides is 1. The molecule has 1 fully saturated rings. The van der Waals surface area contributed by atoms with E-state index in [0.717, 1.165) is 0 Å². The van der Waals surface area contributed by atoms with Crippen LogP contribution in [0.5, 0.6) is 5.75 Å². The number of hydrogen-bond acceptors (Lipinski definition) is 3. The SMILES string of the molecule is CC1(C)C(NC(=O)c2ccc(N)c(O)c2)C1(C)C. The van der Waals surface area contributed by atoms with Gasteiger partial charge in [-0.2, -0.15) is 0 Å². The quantitative estimate of drug-likeness (QED) is 0.554. The molecule has 1 aromatic rings. The Labute approximate surface area is 107 Å². The van der Waals surface area contributed by atoms with E-state index in [-0.39, 0.29) is 34.2 Å². The lowest BCUT2D eigenvalue weighted by Gasteiger charge is -2.08. The molecule has 1 saturated carbocycles. The molecule has 1 aliphatic carbocycles. The lowest BCUT2D eigenvalue weighted by atomic mass is 10.0. The molecule has 0 bridgehead atoms. The normalized spacial score (nSPS) is 20.4. The average Bonchev–Trinajstić information content (AvgIpc) is 2.65. The van der Waals surface area contributed by atoms with Gasteiger partial charge in [-0.1, -0.05) is 27.7 Å². The van der Waals surface area contributed by atoms with E-state index in [1.54, 1.807) is 6.07 Å². The highest BCUT2D eigenvalue weighted by atomic mass is 16.3. The van der Waals surface area contributed by atoms with Gasteiger partial charge in [-0.15, -0.1) is 0 Å². The fourth-order valence-corrected chi connectivity index (χ4v) is 2.46. The molecular weight excluding hydrogens is 228 g/mol. The van der Waals surface area contributed by atoms with Crippen LogP contribution in [0.25, 0.3) is 0 Å². The maximum atomic E-state index is 12.1. The van der Waals surface area contributed by atoms with Crippen molar-refractivity contribution >= 4 is 11.6 Å². The maximum Gasteiger partial charge on any atom is 0.251 e. The van der Waals surface area contributed by atoms with Gasteiger partial charge in [-0.05, 0) is 29.0 Å². The van der Waals surface area contributed by atoms with Crippen LogP contribution < -0.4 is 11.1 Å². The number of benzene rings is 1. The molecule has 98 valence electrons. The topological polar surface area (TPSA) is 75.4 Å². The molecule has 2 rings (SSSR count). The van der Waals surface area contributed by atoms with Crippen LogP contribution in [0.4, 0.5) is 5.69 Å². The van der Waals surface area contributed by atoms with Crippen LogP contribution in [-0.4, -0.2) is 17.1 Å². The number of aromatic hydroxyl groups is 1. The van der Waals surface area contributed by atoms with Crippen LogP contribution in [0.15, 0.2) is 18.2 Å². The molecule has 0 aliphatic heterocycles. The summed E-state index contributed by atoms with van der Waals surface area (Å²) in [4.78, 5) is 12.1. The summed E-state index contributed by atoms with van der Waals surface area (Å²) in [6.07, 6.45) is 0. The number of nitrogens with two attached hydrogens (primary N) is 1. The summed E-state index contributed by atoms with van der Waals surface area (Å²) in [5.41, 5.74) is 6.41. The number of carbonyl (C=O) groups is 1. The molecule has 4 nitrogen and oxygen atoms in total. The average molecular weight is 248 g/mol. The smallest absolute Gasteiger partial charge is 0.251 e. The molecule has 0 heterocycles. The van der Waals surface area contributed by atoms with E-state index in [9.17, 15) is 9.90 Å². The second-order valence-electron chi connectivity index (χ2n) is 6.12. The fraction of sp³-hybridized carbons (Fsp3) is 0.500. The zero-order chi connectivity index (χ0) is 13.7. The first kappa shape index (κ1) is 12.7. The molecule has 0 aromatic heterocycles. The molecule has 1 aromatic carbocycles. The minimum Gasteiger partial charge on any atom is -0.506 e. The molecule has 4 heteroatoms. The van der Waals surface area contributed by atoms with Crippen LogP contribution in [0.3, 0.4) is 0 Å². The van der Waals surface area contributed by atoms with E-state index in [1.807, 2.05) is 0 Å². The minimum absolute atomic E-state index is 0.0584. The molecule has 18 heavy (non-hydrogen) atoms. The number of nitrogen functional groups attached to an aromatic ring is 1. The zero-order valence-corrected chi connectivity index (χ0v) is 11.2. The summed E-state index contributed by atoms with van der Waals surface area (Å²) in [5.74, 6) is -0.231. The van der Waals surface area contributed by atoms with Crippen molar-refractivity contribution in [1.29, 1.82) is 0 Å². The second-order valence-corrected chi connectivity index (χ2v) is 6.12. The summed E-state index contributed by atoms with van der Waals surface area (Å²) < 4.78 is 0. The van der Waals surface area contributed by atoms with Crippen LogP contribution in [0.1, 0.15) is 38.1 Å². The number of phenolic OH excluding ortho intramolecular Hbond substituents is 1. The summed E-state index contributed by atoms with van der Waals surface area (Å²) in [5, 5.41) is 12.5. The summed E-state index contributed by atoms with van der Waals surface area (Å²) in [6.45, 7) is 8.55. The summed E-state index contributed by atoms with van der Waals surface area (Å²) in [7, 11) is 0. The Kier molecular flexibility index (Phi) is 2.58. The number of anilines is 1. The second kappa shape index (κ2) is 3.64. The van der Waals surface area contributed by atoms with Gasteiger partial charge >= 0.3 is 0 Å². The Hall–Kier alpha value is -1.71. The Balaban J connectivity index is 2.12. The van der Waals surface area contributed by atoms with Crippen molar-refractivity contribution in [2.24, 2.45) is 10.8 Å². The Morgan fingerprint density at radius 2 is 1.83 bits per heavy atom. The Morgan fingerprint density at radius 1 is 1.28 bits per heavy atom. The lowest BCUT2D eigenvalue weighted by molar-refractivity contribution is 0.0943. The molecule has 0 atom stereocenters. The van der Waals surface area contributed by atoms with Gasteiger partial charge in [0.25, 0.3) is 5.91 Å². The lowest BCUT2D eigenvalue weighted by Crippen LogP contribution is -2.29. The Bertz CT molecular complexity index is 493. The van der Waals surface area contributed by atoms with E-state index in [2.05, 4.69) is 33.0 Å². The fourth-order valence-electron chi connectivity index (χ4n) is 2.46. The van der Waals surface area contributed by atoms with Gasteiger partial charge in [0, 0.05) is 11.6 Å². The molecular formula is C14H20N2O2. The number of phenols is 1. The van der Waals surface area contributed by atoms with Crippen molar-refractivity contribution < 1.29 is 9.90 Å². The number of carbonyl (C=O) groups excluding carboxylic acids is 1. The molecule has 1 aliphatic rings. The van der Waals surface area contributed by atoms with Crippen molar-refractivity contribution in [3.05, 3.63) is 23.8 Å². The van der Waals surface area contributed by atoms with E-state index in [0.29, 0.717) is 5.56 Å². The Morgan fingerprint density at radius 3 is 2.28 bits per heavy atom. The first-order valence-corrected chi connectivity index (χ1v) is 6.07. The van der Waals surface area contributed by atoms with Gasteiger partial charge in [0.15, 0.2) is 0 Å². The minimum atomic E-state index is -0.172. The van der Waals surface area contributed by atoms with Gasteiger partial charge in [-0.25, -0.2) is 0 Å². The standard InChI is InChI=1S/C14H20N2O2/c1-13(2)12(14(13,3)4)16-11(18)8-5-6-9(15)10(17)7-8/h5-7,12,17H,15H2,1-4H3,(H,16,18). The van der Waals surface area contributed by atoms with Crippen LogP contribution in [-0.2, 0) is 0 Å². The van der Waals surface area contributed by atoms with Crippen LogP contribution in [0, 0.1) is 10.8 Å². The van der Waals surface area contributed by atoms with Crippen molar-refractivity contribution in [1.82, 2.24) is 5.32 Å². The highest BCUT2D eigenvalue weighted by Gasteiger charge is 2.65. The predicted molar refractivity (Wildman–Crippen MR) is 71.3 cm³/mol. The first-order valence-electron chi connectivity index (χ1n) is 6.07.